The van der Waals surface area contributed by atoms with E-state index in [1.807, 2.05) is 0 Å². The van der Waals surface area contributed by atoms with Crippen LogP contribution in [0.4, 0.5) is 0 Å². The van der Waals surface area contributed by atoms with Crippen molar-refractivity contribution in [3.8, 4) is 0 Å². The van der Waals surface area contributed by atoms with E-state index in [2.05, 4.69) is 33.9 Å². The molecule has 4 nitrogen and oxygen atoms in total. The van der Waals surface area contributed by atoms with Gasteiger partial charge < -0.3 is 14.3 Å². The second-order valence-corrected chi connectivity index (χ2v) is 11.4. The fraction of sp³-hybridized carbons (Fsp3) is 0.846. The van der Waals surface area contributed by atoms with Gasteiger partial charge in [-0.2, -0.15) is 0 Å². The molecule has 112 valence electrons. The normalized spacial score (nSPS) is 15.9. The summed E-state index contributed by atoms with van der Waals surface area (Å²) in [5.41, 5.74) is 0. The number of carboxylic acids is 1. The first-order valence-electron chi connectivity index (χ1n) is 6.44. The van der Waals surface area contributed by atoms with E-state index in [1.165, 1.54) is 0 Å². The molecule has 0 saturated heterocycles. The summed E-state index contributed by atoms with van der Waals surface area (Å²) < 4.78 is 6.09. The third kappa shape index (κ3) is 6.54. The zero-order valence-electron chi connectivity index (χ0n) is 12.4. The lowest BCUT2D eigenvalue weighted by atomic mass is 10.0. The number of carboxylic acid groups (broad SMARTS) is 1. The molecule has 2 atom stereocenters. The Kier molecular flexibility index (Phi) is 7.25. The summed E-state index contributed by atoms with van der Waals surface area (Å²) >= 11 is 5.69. The summed E-state index contributed by atoms with van der Waals surface area (Å²) in [7, 11) is -2.05. The van der Waals surface area contributed by atoms with E-state index in [1.54, 1.807) is 0 Å². The Morgan fingerprint density at radius 1 is 1.42 bits per heavy atom. The third-order valence-electron chi connectivity index (χ3n) is 3.63. The molecule has 0 bridgehead atoms. The molecule has 0 heterocycles. The van der Waals surface area contributed by atoms with Crippen molar-refractivity contribution >= 4 is 32.2 Å². The molecule has 6 heteroatoms. The molecular formula is C13H25ClO4Si. The van der Waals surface area contributed by atoms with Crippen molar-refractivity contribution in [1.29, 1.82) is 0 Å². The molecule has 1 N–H and O–H groups in total. The molecule has 0 aromatic heterocycles. The second-order valence-electron chi connectivity index (χ2n) is 6.38. The van der Waals surface area contributed by atoms with Gasteiger partial charge in [-0.1, -0.05) is 20.8 Å². The van der Waals surface area contributed by atoms with Gasteiger partial charge in [0, 0.05) is 11.8 Å². The predicted octanol–water partition coefficient (Wildman–Crippen LogP) is 3.30. The lowest BCUT2D eigenvalue weighted by Gasteiger charge is -2.39. The Balaban J connectivity index is 4.86. The van der Waals surface area contributed by atoms with E-state index in [0.717, 1.165) is 6.29 Å². The van der Waals surface area contributed by atoms with Gasteiger partial charge in [0.05, 0.1) is 12.5 Å². The Morgan fingerprint density at radius 3 is 2.26 bits per heavy atom. The van der Waals surface area contributed by atoms with Crippen LogP contribution in [0.1, 0.15) is 33.6 Å². The number of aldehydes is 1. The highest BCUT2D eigenvalue weighted by Gasteiger charge is 2.39. The highest BCUT2D eigenvalue weighted by Crippen LogP contribution is 2.38. The van der Waals surface area contributed by atoms with Crippen molar-refractivity contribution in [2.75, 3.05) is 5.88 Å². The van der Waals surface area contributed by atoms with Gasteiger partial charge in [-0.25, -0.2) is 0 Å². The van der Waals surface area contributed by atoms with E-state index in [0.29, 0.717) is 6.42 Å². The Labute approximate surface area is 121 Å². The van der Waals surface area contributed by atoms with Crippen molar-refractivity contribution in [2.24, 2.45) is 5.92 Å². The van der Waals surface area contributed by atoms with Gasteiger partial charge in [-0.05, 0) is 24.6 Å². The van der Waals surface area contributed by atoms with Gasteiger partial charge in [0.25, 0.3) is 0 Å². The first-order valence-corrected chi connectivity index (χ1v) is 9.88. The maximum atomic E-state index is 10.9. The quantitative estimate of drug-likeness (QED) is 0.424. The van der Waals surface area contributed by atoms with Gasteiger partial charge >= 0.3 is 5.97 Å². The number of carbonyl (C=O) groups is 2. The van der Waals surface area contributed by atoms with E-state index in [-0.39, 0.29) is 23.3 Å². The largest absolute Gasteiger partial charge is 0.481 e. The number of rotatable bonds is 8. The molecule has 0 fully saturated rings. The van der Waals surface area contributed by atoms with Crippen molar-refractivity contribution < 1.29 is 19.1 Å². The molecule has 19 heavy (non-hydrogen) atoms. The topological polar surface area (TPSA) is 63.6 Å². The Bertz CT molecular complexity index is 312. The van der Waals surface area contributed by atoms with Crippen LogP contribution in [0.15, 0.2) is 0 Å². The number of carbonyl (C=O) groups excluding carboxylic acids is 1. The Hall–Kier alpha value is -0.393. The minimum Gasteiger partial charge on any atom is -0.481 e. The summed E-state index contributed by atoms with van der Waals surface area (Å²) in [5, 5.41) is 8.96. The van der Waals surface area contributed by atoms with Gasteiger partial charge in [0.2, 0.25) is 0 Å². The third-order valence-corrected chi connectivity index (χ3v) is 8.56. The number of hydrogen-bond donors (Lipinski definition) is 1. The maximum Gasteiger partial charge on any atom is 0.305 e. The minimum absolute atomic E-state index is 0.00138. The van der Waals surface area contributed by atoms with E-state index < -0.39 is 20.4 Å². The van der Waals surface area contributed by atoms with E-state index >= 15 is 0 Å². The lowest BCUT2D eigenvalue weighted by molar-refractivity contribution is -0.139. The van der Waals surface area contributed by atoms with Gasteiger partial charge in [0.15, 0.2) is 8.32 Å². The lowest BCUT2D eigenvalue weighted by Crippen LogP contribution is -2.45. The van der Waals surface area contributed by atoms with Crippen molar-refractivity contribution in [1.82, 2.24) is 0 Å². The molecule has 2 unspecified atom stereocenters. The van der Waals surface area contributed by atoms with E-state index in [4.69, 9.17) is 21.1 Å². The average molecular weight is 309 g/mol. The van der Waals surface area contributed by atoms with Crippen molar-refractivity contribution in [3.63, 3.8) is 0 Å². The smallest absolute Gasteiger partial charge is 0.305 e. The SMILES string of the molecule is CC(C)(C)[Si](C)(C)OC(CC(=O)O)CC(C=O)CCl. The number of halogens is 1. The molecule has 0 amide bonds. The van der Waals surface area contributed by atoms with Crippen LogP contribution in [0.3, 0.4) is 0 Å². The summed E-state index contributed by atoms with van der Waals surface area (Å²) in [6.45, 7) is 10.4. The zero-order chi connectivity index (χ0) is 15.3. The van der Waals surface area contributed by atoms with Crippen LogP contribution in [0.5, 0.6) is 0 Å². The van der Waals surface area contributed by atoms with Crippen molar-refractivity contribution in [2.45, 2.75) is 57.8 Å². The van der Waals surface area contributed by atoms with Crippen LogP contribution < -0.4 is 0 Å². The van der Waals surface area contributed by atoms with Crippen LogP contribution in [0, 0.1) is 5.92 Å². The van der Waals surface area contributed by atoms with Crippen LogP contribution in [0.2, 0.25) is 18.1 Å². The summed E-state index contributed by atoms with van der Waals surface area (Å²) in [6, 6.07) is 0. The van der Waals surface area contributed by atoms with E-state index in [9.17, 15) is 9.59 Å². The maximum absolute atomic E-state index is 10.9. The number of hydrogen-bond acceptors (Lipinski definition) is 3. The zero-order valence-corrected chi connectivity index (χ0v) is 14.2. The molecule has 0 aromatic rings. The standard InChI is InChI=1S/C13H25ClO4Si/c1-13(2,3)19(4,5)18-11(7-12(16)17)6-10(8-14)9-15/h9-11H,6-8H2,1-5H3,(H,16,17). The number of alkyl halides is 1. The monoisotopic (exact) mass is 308 g/mol. The summed E-state index contributed by atoms with van der Waals surface area (Å²) in [4.78, 5) is 21.8. The molecule has 0 aliphatic carbocycles. The van der Waals surface area contributed by atoms with Gasteiger partial charge in [-0.15, -0.1) is 11.6 Å². The number of aliphatic carboxylic acids is 1. The molecular weight excluding hydrogens is 284 g/mol. The van der Waals surface area contributed by atoms with Crippen LogP contribution in [0.25, 0.3) is 0 Å². The van der Waals surface area contributed by atoms with Crippen LogP contribution in [-0.2, 0) is 14.0 Å². The van der Waals surface area contributed by atoms with Gasteiger partial charge in [0.1, 0.15) is 6.29 Å². The molecule has 0 radical (unpaired) electrons. The first-order chi connectivity index (χ1) is 8.53. The predicted molar refractivity (Wildman–Crippen MR) is 79.2 cm³/mol. The Morgan fingerprint density at radius 2 is 1.95 bits per heavy atom. The van der Waals surface area contributed by atoms with Gasteiger partial charge in [-0.3, -0.25) is 4.79 Å². The van der Waals surface area contributed by atoms with Crippen LogP contribution >= 0.6 is 11.6 Å². The molecule has 0 spiro atoms. The van der Waals surface area contributed by atoms with Crippen LogP contribution in [-0.4, -0.2) is 37.7 Å². The molecule has 0 rings (SSSR count). The molecule has 0 aliphatic heterocycles. The molecule has 0 aliphatic rings. The molecule has 0 aromatic carbocycles. The highest BCUT2D eigenvalue weighted by molar-refractivity contribution is 6.74. The first kappa shape index (κ1) is 18.6. The summed E-state index contributed by atoms with van der Waals surface area (Å²) in [5.74, 6) is -1.07. The summed E-state index contributed by atoms with van der Waals surface area (Å²) in [6.07, 6.45) is 0.600. The van der Waals surface area contributed by atoms with Crippen molar-refractivity contribution in [3.05, 3.63) is 0 Å². The highest BCUT2D eigenvalue weighted by atomic mass is 35.5. The second kappa shape index (κ2) is 7.41. The fourth-order valence-electron chi connectivity index (χ4n) is 1.45. The average Bonchev–Trinajstić information content (AvgIpc) is 2.22. The fourth-order valence-corrected chi connectivity index (χ4v) is 3.02. The minimum atomic E-state index is -2.05. The molecule has 0 saturated carbocycles.